The summed E-state index contributed by atoms with van der Waals surface area (Å²) in [6.07, 6.45) is 0. The van der Waals surface area contributed by atoms with E-state index in [-0.39, 0.29) is 11.8 Å². The van der Waals surface area contributed by atoms with E-state index in [1.165, 1.54) is 0 Å². The van der Waals surface area contributed by atoms with Crippen molar-refractivity contribution in [3.63, 3.8) is 0 Å². The van der Waals surface area contributed by atoms with E-state index in [1.807, 2.05) is 67.3 Å². The fraction of sp³-hybridized carbons (Fsp3) is 0.333. The molecule has 5 nitrogen and oxygen atoms in total. The summed E-state index contributed by atoms with van der Waals surface area (Å²) < 4.78 is 0. The monoisotopic (exact) mass is 351 g/mol. The maximum absolute atomic E-state index is 12.6. The Kier molecular flexibility index (Phi) is 5.68. The Hall–Kier alpha value is -2.66. The topological polar surface area (TPSA) is 52.7 Å². The molecule has 1 fully saturated rings. The van der Waals surface area contributed by atoms with Gasteiger partial charge in [-0.05, 0) is 38.1 Å². The molecule has 0 aliphatic carbocycles. The van der Waals surface area contributed by atoms with Gasteiger partial charge in [0.05, 0.1) is 6.54 Å². The first-order chi connectivity index (χ1) is 12.5. The van der Waals surface area contributed by atoms with Crippen LogP contribution in [-0.4, -0.2) is 54.3 Å². The number of hydrogen-bond donors (Lipinski definition) is 1. The molecule has 0 bridgehead atoms. The van der Waals surface area contributed by atoms with E-state index < -0.39 is 0 Å². The highest BCUT2D eigenvalue weighted by Gasteiger charge is 2.23. The molecular weight excluding hydrogens is 326 g/mol. The second kappa shape index (κ2) is 8.15. The maximum atomic E-state index is 12.6. The van der Waals surface area contributed by atoms with Crippen molar-refractivity contribution in [2.75, 3.05) is 38.0 Å². The molecule has 0 saturated carbocycles. The van der Waals surface area contributed by atoms with Gasteiger partial charge in [0.1, 0.15) is 0 Å². The fourth-order valence-electron chi connectivity index (χ4n) is 3.11. The summed E-state index contributed by atoms with van der Waals surface area (Å²) in [4.78, 5) is 28.7. The summed E-state index contributed by atoms with van der Waals surface area (Å²) in [5.41, 5.74) is 3.80. The molecule has 0 aromatic heterocycles. The van der Waals surface area contributed by atoms with Gasteiger partial charge >= 0.3 is 0 Å². The zero-order valence-electron chi connectivity index (χ0n) is 15.4. The highest BCUT2D eigenvalue weighted by atomic mass is 16.2. The smallest absolute Gasteiger partial charge is 0.253 e. The number of nitrogens with zero attached hydrogens (tertiary/aromatic N) is 2. The van der Waals surface area contributed by atoms with Crippen LogP contribution in [0.2, 0.25) is 0 Å². The lowest BCUT2D eigenvalue weighted by Crippen LogP contribution is -2.50. The van der Waals surface area contributed by atoms with Crippen molar-refractivity contribution in [1.82, 2.24) is 9.80 Å². The summed E-state index contributed by atoms with van der Waals surface area (Å²) in [6, 6.07) is 15.4. The SMILES string of the molecule is Cc1ccc(NC(=O)CN2CCN(C(=O)c3cccc(C)c3)CC2)cc1. The van der Waals surface area contributed by atoms with Gasteiger partial charge in [-0.15, -0.1) is 0 Å². The predicted molar refractivity (Wildman–Crippen MR) is 103 cm³/mol. The molecule has 0 unspecified atom stereocenters. The van der Waals surface area contributed by atoms with Crippen LogP contribution in [0.15, 0.2) is 48.5 Å². The van der Waals surface area contributed by atoms with Crippen LogP contribution in [0.3, 0.4) is 0 Å². The minimum absolute atomic E-state index is 0.0210. The van der Waals surface area contributed by atoms with E-state index >= 15 is 0 Å². The van der Waals surface area contributed by atoms with Gasteiger partial charge in [-0.2, -0.15) is 0 Å². The number of nitrogens with one attached hydrogen (secondary N) is 1. The largest absolute Gasteiger partial charge is 0.336 e. The quantitative estimate of drug-likeness (QED) is 0.921. The van der Waals surface area contributed by atoms with Crippen LogP contribution in [0.25, 0.3) is 0 Å². The lowest BCUT2D eigenvalue weighted by atomic mass is 10.1. The Morgan fingerprint density at radius 2 is 1.62 bits per heavy atom. The molecule has 2 amide bonds. The van der Waals surface area contributed by atoms with Crippen molar-refractivity contribution in [3.8, 4) is 0 Å². The highest BCUT2D eigenvalue weighted by Crippen LogP contribution is 2.12. The molecule has 2 aromatic carbocycles. The van der Waals surface area contributed by atoms with Crippen molar-refractivity contribution >= 4 is 17.5 Å². The maximum Gasteiger partial charge on any atom is 0.253 e. The highest BCUT2D eigenvalue weighted by molar-refractivity contribution is 5.94. The van der Waals surface area contributed by atoms with E-state index in [2.05, 4.69) is 10.2 Å². The van der Waals surface area contributed by atoms with Crippen LogP contribution in [0.5, 0.6) is 0 Å². The molecule has 1 heterocycles. The zero-order chi connectivity index (χ0) is 18.5. The Balaban J connectivity index is 1.48. The van der Waals surface area contributed by atoms with Crippen LogP contribution in [0, 0.1) is 13.8 Å². The van der Waals surface area contributed by atoms with Gasteiger partial charge in [0.15, 0.2) is 0 Å². The third kappa shape index (κ3) is 4.70. The van der Waals surface area contributed by atoms with Crippen molar-refractivity contribution in [3.05, 3.63) is 65.2 Å². The van der Waals surface area contributed by atoms with Gasteiger partial charge in [-0.3, -0.25) is 14.5 Å². The molecule has 1 aliphatic heterocycles. The van der Waals surface area contributed by atoms with E-state index in [0.29, 0.717) is 32.7 Å². The van der Waals surface area contributed by atoms with Crippen molar-refractivity contribution in [2.24, 2.45) is 0 Å². The van der Waals surface area contributed by atoms with Crippen LogP contribution in [-0.2, 0) is 4.79 Å². The minimum atomic E-state index is -0.0210. The van der Waals surface area contributed by atoms with Gasteiger partial charge < -0.3 is 10.2 Å². The first-order valence-corrected chi connectivity index (χ1v) is 8.96. The van der Waals surface area contributed by atoms with Crippen LogP contribution in [0.1, 0.15) is 21.5 Å². The van der Waals surface area contributed by atoms with Crippen LogP contribution < -0.4 is 5.32 Å². The van der Waals surface area contributed by atoms with Crippen molar-refractivity contribution in [1.29, 1.82) is 0 Å². The number of benzene rings is 2. The van der Waals surface area contributed by atoms with E-state index in [0.717, 1.165) is 22.4 Å². The number of amides is 2. The standard InChI is InChI=1S/C21H25N3O2/c1-16-6-8-19(9-7-16)22-20(25)15-23-10-12-24(13-11-23)21(26)18-5-3-4-17(2)14-18/h3-9,14H,10-13,15H2,1-2H3,(H,22,25). The number of hydrogen-bond acceptors (Lipinski definition) is 3. The number of aryl methyl sites for hydroxylation is 2. The lowest BCUT2D eigenvalue weighted by molar-refractivity contribution is -0.117. The van der Waals surface area contributed by atoms with Crippen molar-refractivity contribution in [2.45, 2.75) is 13.8 Å². The first-order valence-electron chi connectivity index (χ1n) is 8.96. The molecule has 2 aromatic rings. The number of piperazine rings is 1. The zero-order valence-corrected chi connectivity index (χ0v) is 15.4. The summed E-state index contributed by atoms with van der Waals surface area (Å²) in [5, 5.41) is 2.92. The number of rotatable bonds is 4. The Morgan fingerprint density at radius 1 is 0.923 bits per heavy atom. The molecule has 1 N–H and O–H groups in total. The van der Waals surface area contributed by atoms with Gasteiger partial charge in [-0.25, -0.2) is 0 Å². The van der Waals surface area contributed by atoms with E-state index in [9.17, 15) is 9.59 Å². The third-order valence-corrected chi connectivity index (χ3v) is 4.63. The first kappa shape index (κ1) is 18.1. The Bertz CT molecular complexity index is 778. The number of carbonyl (C=O) groups excluding carboxylic acids is 2. The van der Waals surface area contributed by atoms with Crippen LogP contribution >= 0.6 is 0 Å². The molecule has 0 atom stereocenters. The average Bonchev–Trinajstić information content (AvgIpc) is 2.64. The molecular formula is C21H25N3O2. The van der Waals surface area contributed by atoms with Crippen LogP contribution in [0.4, 0.5) is 5.69 Å². The van der Waals surface area contributed by atoms with E-state index in [4.69, 9.17) is 0 Å². The molecule has 0 spiro atoms. The Morgan fingerprint density at radius 3 is 2.27 bits per heavy atom. The van der Waals surface area contributed by atoms with E-state index in [1.54, 1.807) is 0 Å². The van der Waals surface area contributed by atoms with Gasteiger partial charge in [0, 0.05) is 37.4 Å². The molecule has 26 heavy (non-hydrogen) atoms. The van der Waals surface area contributed by atoms with Gasteiger partial charge in [0.25, 0.3) is 5.91 Å². The second-order valence-corrected chi connectivity index (χ2v) is 6.85. The van der Waals surface area contributed by atoms with Gasteiger partial charge in [-0.1, -0.05) is 35.4 Å². The summed E-state index contributed by atoms with van der Waals surface area (Å²) in [5.74, 6) is 0.0461. The summed E-state index contributed by atoms with van der Waals surface area (Å²) in [7, 11) is 0. The summed E-state index contributed by atoms with van der Waals surface area (Å²) >= 11 is 0. The number of anilines is 1. The average molecular weight is 351 g/mol. The molecule has 1 aliphatic rings. The molecule has 5 heteroatoms. The molecule has 3 rings (SSSR count). The van der Waals surface area contributed by atoms with Crippen molar-refractivity contribution < 1.29 is 9.59 Å². The fourth-order valence-corrected chi connectivity index (χ4v) is 3.11. The summed E-state index contributed by atoms with van der Waals surface area (Å²) in [6.45, 7) is 7.05. The molecule has 1 saturated heterocycles. The second-order valence-electron chi connectivity index (χ2n) is 6.85. The Labute approximate surface area is 154 Å². The number of carbonyl (C=O) groups is 2. The minimum Gasteiger partial charge on any atom is -0.336 e. The normalized spacial score (nSPS) is 14.9. The predicted octanol–water partition coefficient (Wildman–Crippen LogP) is 2.70. The molecule has 136 valence electrons. The lowest BCUT2D eigenvalue weighted by Gasteiger charge is -2.34. The third-order valence-electron chi connectivity index (χ3n) is 4.63. The van der Waals surface area contributed by atoms with Gasteiger partial charge in [0.2, 0.25) is 5.91 Å². The molecule has 0 radical (unpaired) electrons.